The fraction of sp³-hybridized carbons (Fsp3) is 0.231. The average Bonchev–Trinajstić information content (AvgIpc) is 2.85. The Kier molecular flexibility index (Phi) is 3.58. The second-order valence-electron chi connectivity index (χ2n) is 3.80. The monoisotopic (exact) mass is 244 g/mol. The standard InChI is InChI=1S/C13H13FN4/c1-2-18-12(5-6-17-18)9-16-11-3-4-13(14)10(7-11)8-15/h3-7,16H,2,9H2,1H3. The molecule has 0 spiro atoms. The van der Waals surface area contributed by atoms with Crippen LogP contribution >= 0.6 is 0 Å². The third-order valence-electron chi connectivity index (χ3n) is 2.66. The Morgan fingerprint density at radius 1 is 1.44 bits per heavy atom. The summed E-state index contributed by atoms with van der Waals surface area (Å²) >= 11 is 0. The van der Waals surface area contributed by atoms with E-state index >= 15 is 0 Å². The van der Waals surface area contributed by atoms with Gasteiger partial charge in [-0.3, -0.25) is 4.68 Å². The molecule has 0 radical (unpaired) electrons. The zero-order chi connectivity index (χ0) is 13.0. The topological polar surface area (TPSA) is 53.6 Å². The molecule has 0 saturated carbocycles. The molecule has 2 rings (SSSR count). The lowest BCUT2D eigenvalue weighted by atomic mass is 10.2. The van der Waals surface area contributed by atoms with E-state index in [1.54, 1.807) is 12.3 Å². The van der Waals surface area contributed by atoms with Gasteiger partial charge in [-0.2, -0.15) is 10.4 Å². The summed E-state index contributed by atoms with van der Waals surface area (Å²) in [5, 5.41) is 16.0. The first-order valence-corrected chi connectivity index (χ1v) is 5.68. The van der Waals surface area contributed by atoms with Crippen molar-refractivity contribution in [2.75, 3.05) is 5.32 Å². The van der Waals surface area contributed by atoms with Crippen molar-refractivity contribution in [1.29, 1.82) is 5.26 Å². The van der Waals surface area contributed by atoms with Gasteiger partial charge in [0.2, 0.25) is 0 Å². The van der Waals surface area contributed by atoms with Crippen LogP contribution in [0.4, 0.5) is 10.1 Å². The normalized spacial score (nSPS) is 10.1. The summed E-state index contributed by atoms with van der Waals surface area (Å²) in [6.07, 6.45) is 1.74. The van der Waals surface area contributed by atoms with Gasteiger partial charge in [0.25, 0.3) is 0 Å². The number of nitriles is 1. The SMILES string of the molecule is CCn1nccc1CNc1ccc(F)c(C#N)c1. The molecule has 0 aliphatic rings. The van der Waals surface area contributed by atoms with E-state index in [1.807, 2.05) is 23.7 Å². The molecule has 4 nitrogen and oxygen atoms in total. The molecule has 2 aromatic rings. The van der Waals surface area contributed by atoms with E-state index in [2.05, 4.69) is 10.4 Å². The van der Waals surface area contributed by atoms with E-state index in [0.717, 1.165) is 17.9 Å². The van der Waals surface area contributed by atoms with Crippen LogP contribution in [0.5, 0.6) is 0 Å². The fourth-order valence-electron chi connectivity index (χ4n) is 1.71. The lowest BCUT2D eigenvalue weighted by Gasteiger charge is -2.08. The van der Waals surface area contributed by atoms with Crippen LogP contribution in [-0.2, 0) is 13.1 Å². The number of nitrogens with zero attached hydrogens (tertiary/aromatic N) is 3. The summed E-state index contributed by atoms with van der Waals surface area (Å²) in [4.78, 5) is 0. The zero-order valence-corrected chi connectivity index (χ0v) is 10.0. The molecule has 5 heteroatoms. The number of rotatable bonds is 4. The lowest BCUT2D eigenvalue weighted by Crippen LogP contribution is -2.08. The molecule has 0 saturated heterocycles. The maximum Gasteiger partial charge on any atom is 0.141 e. The Bertz CT molecular complexity index is 583. The highest BCUT2D eigenvalue weighted by molar-refractivity contribution is 5.49. The molecule has 92 valence electrons. The summed E-state index contributed by atoms with van der Waals surface area (Å²) in [7, 11) is 0. The van der Waals surface area contributed by atoms with Gasteiger partial charge in [-0.25, -0.2) is 4.39 Å². The summed E-state index contributed by atoms with van der Waals surface area (Å²) < 4.78 is 15.0. The van der Waals surface area contributed by atoms with Crippen molar-refractivity contribution in [2.24, 2.45) is 0 Å². The van der Waals surface area contributed by atoms with Crippen LogP contribution in [0.2, 0.25) is 0 Å². The predicted molar refractivity (Wildman–Crippen MR) is 66.3 cm³/mol. The molecule has 0 fully saturated rings. The van der Waals surface area contributed by atoms with Crippen molar-refractivity contribution in [2.45, 2.75) is 20.0 Å². The van der Waals surface area contributed by atoms with Crippen LogP contribution in [0.3, 0.4) is 0 Å². The highest BCUT2D eigenvalue weighted by Gasteiger charge is 2.04. The van der Waals surface area contributed by atoms with Gasteiger partial charge in [0.15, 0.2) is 0 Å². The Labute approximate surface area is 105 Å². The quantitative estimate of drug-likeness (QED) is 0.899. The van der Waals surface area contributed by atoms with Crippen LogP contribution in [0.25, 0.3) is 0 Å². The minimum Gasteiger partial charge on any atom is -0.379 e. The second kappa shape index (κ2) is 5.32. The van der Waals surface area contributed by atoms with Gasteiger partial charge < -0.3 is 5.32 Å². The van der Waals surface area contributed by atoms with E-state index in [9.17, 15) is 4.39 Å². The largest absolute Gasteiger partial charge is 0.379 e. The molecular formula is C13H13FN4. The molecule has 1 aromatic carbocycles. The summed E-state index contributed by atoms with van der Waals surface area (Å²) in [6, 6.07) is 8.15. The van der Waals surface area contributed by atoms with Crippen molar-refractivity contribution in [1.82, 2.24) is 9.78 Å². The van der Waals surface area contributed by atoms with Crippen molar-refractivity contribution < 1.29 is 4.39 Å². The van der Waals surface area contributed by atoms with E-state index in [1.165, 1.54) is 12.1 Å². The van der Waals surface area contributed by atoms with Gasteiger partial charge in [0.1, 0.15) is 11.9 Å². The number of anilines is 1. The number of aromatic nitrogens is 2. The Hall–Kier alpha value is -2.35. The summed E-state index contributed by atoms with van der Waals surface area (Å²) in [5.74, 6) is -0.498. The first-order chi connectivity index (χ1) is 8.74. The van der Waals surface area contributed by atoms with E-state index in [-0.39, 0.29) is 5.56 Å². The molecular weight excluding hydrogens is 231 g/mol. The van der Waals surface area contributed by atoms with Crippen molar-refractivity contribution in [3.63, 3.8) is 0 Å². The maximum absolute atomic E-state index is 13.1. The second-order valence-corrected chi connectivity index (χ2v) is 3.80. The number of hydrogen-bond donors (Lipinski definition) is 1. The number of nitrogens with one attached hydrogen (secondary N) is 1. The lowest BCUT2D eigenvalue weighted by molar-refractivity contribution is 0.623. The molecule has 1 N–H and O–H groups in total. The predicted octanol–water partition coefficient (Wildman–Crippen LogP) is 2.53. The Balaban J connectivity index is 2.09. The first kappa shape index (κ1) is 12.1. The molecule has 0 atom stereocenters. The van der Waals surface area contributed by atoms with Crippen LogP contribution < -0.4 is 5.32 Å². The van der Waals surface area contributed by atoms with Crippen LogP contribution in [0.15, 0.2) is 30.5 Å². The number of benzene rings is 1. The average molecular weight is 244 g/mol. The Morgan fingerprint density at radius 3 is 3.00 bits per heavy atom. The molecule has 0 unspecified atom stereocenters. The highest BCUT2D eigenvalue weighted by atomic mass is 19.1. The van der Waals surface area contributed by atoms with Crippen LogP contribution in [0.1, 0.15) is 18.2 Å². The zero-order valence-electron chi connectivity index (χ0n) is 10.0. The molecule has 1 aromatic heterocycles. The maximum atomic E-state index is 13.1. The number of hydrogen-bond acceptors (Lipinski definition) is 3. The fourth-order valence-corrected chi connectivity index (χ4v) is 1.71. The molecule has 0 amide bonds. The van der Waals surface area contributed by atoms with Gasteiger partial charge in [0.05, 0.1) is 17.8 Å². The van der Waals surface area contributed by atoms with E-state index in [0.29, 0.717) is 6.54 Å². The number of aryl methyl sites for hydroxylation is 1. The third-order valence-corrected chi connectivity index (χ3v) is 2.66. The summed E-state index contributed by atoms with van der Waals surface area (Å²) in [6.45, 7) is 3.41. The van der Waals surface area contributed by atoms with Crippen molar-refractivity contribution in [3.05, 3.63) is 47.5 Å². The highest BCUT2D eigenvalue weighted by Crippen LogP contribution is 2.14. The van der Waals surface area contributed by atoms with Gasteiger partial charge >= 0.3 is 0 Å². The van der Waals surface area contributed by atoms with Crippen molar-refractivity contribution in [3.8, 4) is 6.07 Å². The van der Waals surface area contributed by atoms with Crippen molar-refractivity contribution >= 4 is 5.69 Å². The molecule has 0 aliphatic carbocycles. The minimum absolute atomic E-state index is 0.0454. The number of halogens is 1. The van der Waals surface area contributed by atoms with Crippen LogP contribution in [0, 0.1) is 17.1 Å². The van der Waals surface area contributed by atoms with Gasteiger partial charge in [-0.15, -0.1) is 0 Å². The van der Waals surface area contributed by atoms with Gasteiger partial charge in [0, 0.05) is 18.4 Å². The minimum atomic E-state index is -0.498. The van der Waals surface area contributed by atoms with Gasteiger partial charge in [-0.1, -0.05) is 0 Å². The smallest absolute Gasteiger partial charge is 0.141 e. The molecule has 0 bridgehead atoms. The van der Waals surface area contributed by atoms with Gasteiger partial charge in [-0.05, 0) is 31.2 Å². The first-order valence-electron chi connectivity index (χ1n) is 5.68. The van der Waals surface area contributed by atoms with Crippen LogP contribution in [-0.4, -0.2) is 9.78 Å². The van der Waals surface area contributed by atoms with E-state index in [4.69, 9.17) is 5.26 Å². The molecule has 0 aliphatic heterocycles. The molecule has 1 heterocycles. The van der Waals surface area contributed by atoms with E-state index < -0.39 is 5.82 Å². The Morgan fingerprint density at radius 2 is 2.28 bits per heavy atom. The summed E-state index contributed by atoms with van der Waals surface area (Å²) in [5.41, 5.74) is 1.81. The third kappa shape index (κ3) is 2.48. The molecule has 18 heavy (non-hydrogen) atoms.